The van der Waals surface area contributed by atoms with E-state index < -0.39 is 5.91 Å². The van der Waals surface area contributed by atoms with Gasteiger partial charge in [-0.15, -0.1) is 0 Å². The molecule has 0 aromatic heterocycles. The second-order valence-corrected chi connectivity index (χ2v) is 4.11. The molecule has 0 unspecified atom stereocenters. The first kappa shape index (κ1) is 11.4. The Morgan fingerprint density at radius 3 is 2.41 bits per heavy atom. The Morgan fingerprint density at radius 1 is 1.24 bits per heavy atom. The van der Waals surface area contributed by atoms with E-state index in [-0.39, 0.29) is 5.91 Å². The minimum absolute atomic E-state index is 0.0436. The lowest BCUT2D eigenvalue weighted by Gasteiger charge is -2.03. The molecule has 4 heteroatoms. The molecule has 17 heavy (non-hydrogen) atoms. The lowest BCUT2D eigenvalue weighted by atomic mass is 10.1. The SMILES string of the molecule is NC(=O)C=Cc1ccc(C(=O)NC2CC2)cc1. The lowest BCUT2D eigenvalue weighted by molar-refractivity contribution is -0.113. The van der Waals surface area contributed by atoms with Crippen molar-refractivity contribution < 1.29 is 9.59 Å². The van der Waals surface area contributed by atoms with Crippen LogP contribution in [0.15, 0.2) is 30.3 Å². The van der Waals surface area contributed by atoms with E-state index in [1.54, 1.807) is 30.3 Å². The van der Waals surface area contributed by atoms with Crippen LogP contribution < -0.4 is 11.1 Å². The third kappa shape index (κ3) is 3.45. The topological polar surface area (TPSA) is 72.2 Å². The van der Waals surface area contributed by atoms with E-state index in [1.807, 2.05) is 0 Å². The van der Waals surface area contributed by atoms with Gasteiger partial charge >= 0.3 is 0 Å². The highest BCUT2D eigenvalue weighted by Gasteiger charge is 2.23. The molecular weight excluding hydrogens is 216 g/mol. The molecule has 0 bridgehead atoms. The van der Waals surface area contributed by atoms with Crippen molar-refractivity contribution >= 4 is 17.9 Å². The number of nitrogens with two attached hydrogens (primary N) is 1. The molecule has 1 fully saturated rings. The number of primary amides is 1. The van der Waals surface area contributed by atoms with Gasteiger partial charge in [0.1, 0.15) is 0 Å². The smallest absolute Gasteiger partial charge is 0.251 e. The van der Waals surface area contributed by atoms with Crippen LogP contribution in [0.5, 0.6) is 0 Å². The molecule has 0 spiro atoms. The largest absolute Gasteiger partial charge is 0.366 e. The van der Waals surface area contributed by atoms with Crippen LogP contribution in [0.1, 0.15) is 28.8 Å². The lowest BCUT2D eigenvalue weighted by Crippen LogP contribution is -2.25. The van der Waals surface area contributed by atoms with Gasteiger partial charge in [0.25, 0.3) is 5.91 Å². The Morgan fingerprint density at radius 2 is 1.88 bits per heavy atom. The molecular formula is C13H14N2O2. The highest BCUT2D eigenvalue weighted by molar-refractivity contribution is 5.95. The van der Waals surface area contributed by atoms with Gasteiger partial charge in [0, 0.05) is 17.7 Å². The summed E-state index contributed by atoms with van der Waals surface area (Å²) < 4.78 is 0. The highest BCUT2D eigenvalue weighted by atomic mass is 16.2. The fraction of sp³-hybridized carbons (Fsp3) is 0.231. The normalized spacial score (nSPS) is 14.8. The number of nitrogens with one attached hydrogen (secondary N) is 1. The summed E-state index contributed by atoms with van der Waals surface area (Å²) >= 11 is 0. The summed E-state index contributed by atoms with van der Waals surface area (Å²) in [5.41, 5.74) is 6.46. The minimum atomic E-state index is -0.486. The standard InChI is InChI=1S/C13H14N2O2/c14-12(16)8-3-9-1-4-10(5-2-9)13(17)15-11-6-7-11/h1-5,8,11H,6-7H2,(H2,14,16)(H,15,17). The van der Waals surface area contributed by atoms with Gasteiger partial charge in [-0.3, -0.25) is 9.59 Å². The van der Waals surface area contributed by atoms with E-state index >= 15 is 0 Å². The quantitative estimate of drug-likeness (QED) is 0.759. The molecule has 0 saturated heterocycles. The number of rotatable bonds is 4. The van der Waals surface area contributed by atoms with Crippen molar-refractivity contribution in [2.75, 3.05) is 0 Å². The van der Waals surface area contributed by atoms with Crippen molar-refractivity contribution in [2.24, 2.45) is 5.73 Å². The zero-order chi connectivity index (χ0) is 12.3. The highest BCUT2D eigenvalue weighted by Crippen LogP contribution is 2.19. The van der Waals surface area contributed by atoms with Crippen LogP contribution in [-0.4, -0.2) is 17.9 Å². The van der Waals surface area contributed by atoms with E-state index in [4.69, 9.17) is 5.73 Å². The zero-order valence-corrected chi connectivity index (χ0v) is 9.35. The predicted octanol–water partition coefficient (Wildman–Crippen LogP) is 1.08. The zero-order valence-electron chi connectivity index (χ0n) is 9.35. The first-order valence-corrected chi connectivity index (χ1v) is 5.53. The second-order valence-electron chi connectivity index (χ2n) is 4.11. The molecule has 1 aliphatic rings. The number of carbonyl (C=O) groups excluding carboxylic acids is 2. The van der Waals surface area contributed by atoms with Crippen molar-refractivity contribution in [1.29, 1.82) is 0 Å². The van der Waals surface area contributed by atoms with Gasteiger partial charge in [-0.2, -0.15) is 0 Å². The van der Waals surface area contributed by atoms with Crippen molar-refractivity contribution in [3.63, 3.8) is 0 Å². The maximum atomic E-state index is 11.7. The van der Waals surface area contributed by atoms with Crippen molar-refractivity contribution in [1.82, 2.24) is 5.32 Å². The van der Waals surface area contributed by atoms with Crippen LogP contribution in [-0.2, 0) is 4.79 Å². The molecule has 1 saturated carbocycles. The summed E-state index contributed by atoms with van der Waals surface area (Å²) in [6.07, 6.45) is 5.06. The van der Waals surface area contributed by atoms with Gasteiger partial charge in [-0.1, -0.05) is 12.1 Å². The molecule has 4 nitrogen and oxygen atoms in total. The third-order valence-electron chi connectivity index (χ3n) is 2.53. The van der Waals surface area contributed by atoms with E-state index in [1.165, 1.54) is 6.08 Å². The monoisotopic (exact) mass is 230 g/mol. The number of amides is 2. The van der Waals surface area contributed by atoms with E-state index in [0.717, 1.165) is 18.4 Å². The number of hydrogen-bond acceptors (Lipinski definition) is 2. The Balaban J connectivity index is 2.01. The molecule has 0 radical (unpaired) electrons. The maximum Gasteiger partial charge on any atom is 0.251 e. The Hall–Kier alpha value is -2.10. The fourth-order valence-electron chi connectivity index (χ4n) is 1.42. The molecule has 1 aromatic rings. The summed E-state index contributed by atoms with van der Waals surface area (Å²) in [5, 5.41) is 2.91. The molecule has 2 rings (SSSR count). The number of carbonyl (C=O) groups is 2. The fourth-order valence-corrected chi connectivity index (χ4v) is 1.42. The predicted molar refractivity (Wildman–Crippen MR) is 65.2 cm³/mol. The number of hydrogen-bond donors (Lipinski definition) is 2. The van der Waals surface area contributed by atoms with E-state index in [0.29, 0.717) is 11.6 Å². The van der Waals surface area contributed by atoms with Crippen LogP contribution in [0.3, 0.4) is 0 Å². The van der Waals surface area contributed by atoms with E-state index in [9.17, 15) is 9.59 Å². The third-order valence-corrected chi connectivity index (χ3v) is 2.53. The average molecular weight is 230 g/mol. The second kappa shape index (κ2) is 4.82. The molecule has 0 aliphatic heterocycles. The molecule has 1 aliphatic carbocycles. The van der Waals surface area contributed by atoms with Crippen molar-refractivity contribution in [3.05, 3.63) is 41.5 Å². The Bertz CT molecular complexity index is 459. The minimum Gasteiger partial charge on any atom is -0.366 e. The van der Waals surface area contributed by atoms with Crippen molar-refractivity contribution in [3.8, 4) is 0 Å². The summed E-state index contributed by atoms with van der Waals surface area (Å²) in [7, 11) is 0. The molecule has 3 N–H and O–H groups in total. The molecule has 88 valence electrons. The average Bonchev–Trinajstić information content (AvgIpc) is 3.11. The van der Waals surface area contributed by atoms with Gasteiger partial charge in [0.05, 0.1) is 0 Å². The number of benzene rings is 1. The van der Waals surface area contributed by atoms with Crippen LogP contribution in [0, 0.1) is 0 Å². The molecule has 0 atom stereocenters. The molecule has 2 amide bonds. The van der Waals surface area contributed by atoms with Crippen LogP contribution in [0.25, 0.3) is 6.08 Å². The molecule has 0 heterocycles. The van der Waals surface area contributed by atoms with Gasteiger partial charge in [0.2, 0.25) is 5.91 Å². The van der Waals surface area contributed by atoms with Crippen LogP contribution in [0.4, 0.5) is 0 Å². The first-order valence-electron chi connectivity index (χ1n) is 5.53. The Kier molecular flexibility index (Phi) is 3.23. The first-order chi connectivity index (χ1) is 8.15. The summed E-state index contributed by atoms with van der Waals surface area (Å²) in [6, 6.07) is 7.39. The van der Waals surface area contributed by atoms with Gasteiger partial charge in [-0.25, -0.2) is 0 Å². The van der Waals surface area contributed by atoms with Gasteiger partial charge in [0.15, 0.2) is 0 Å². The van der Waals surface area contributed by atoms with Crippen LogP contribution >= 0.6 is 0 Å². The maximum absolute atomic E-state index is 11.7. The van der Waals surface area contributed by atoms with E-state index in [2.05, 4.69) is 5.32 Å². The molecule has 1 aromatic carbocycles. The summed E-state index contributed by atoms with van der Waals surface area (Å²) in [5.74, 6) is -0.529. The van der Waals surface area contributed by atoms with Gasteiger partial charge < -0.3 is 11.1 Å². The van der Waals surface area contributed by atoms with Gasteiger partial charge in [-0.05, 0) is 36.6 Å². The van der Waals surface area contributed by atoms with Crippen LogP contribution in [0.2, 0.25) is 0 Å². The summed E-state index contributed by atoms with van der Waals surface area (Å²) in [6.45, 7) is 0. The van der Waals surface area contributed by atoms with Crippen molar-refractivity contribution in [2.45, 2.75) is 18.9 Å². The summed E-state index contributed by atoms with van der Waals surface area (Å²) in [4.78, 5) is 22.2. The Labute approximate surface area is 99.5 Å².